The van der Waals surface area contributed by atoms with Gasteiger partial charge in [0.25, 0.3) is 0 Å². The van der Waals surface area contributed by atoms with Gasteiger partial charge in [-0.25, -0.2) is 0 Å². The lowest BCUT2D eigenvalue weighted by atomic mass is 9.70. The Hall–Kier alpha value is -0.0800. The minimum atomic E-state index is 0.427. The van der Waals surface area contributed by atoms with Crippen LogP contribution in [-0.4, -0.2) is 31.1 Å². The molecule has 1 aliphatic carbocycles. The molecule has 0 aromatic heterocycles. The summed E-state index contributed by atoms with van der Waals surface area (Å²) in [5.74, 6) is 0.699. The summed E-state index contributed by atoms with van der Waals surface area (Å²) < 4.78 is 0. The highest BCUT2D eigenvalue weighted by molar-refractivity contribution is 4.88. The molecule has 0 amide bonds. The van der Waals surface area contributed by atoms with Crippen molar-refractivity contribution in [1.82, 2.24) is 4.90 Å². The van der Waals surface area contributed by atoms with Crippen LogP contribution in [0, 0.1) is 11.3 Å². The van der Waals surface area contributed by atoms with E-state index < -0.39 is 0 Å². The monoisotopic (exact) mass is 240 g/mol. The molecule has 2 unspecified atom stereocenters. The van der Waals surface area contributed by atoms with Crippen LogP contribution in [0.4, 0.5) is 0 Å². The van der Waals surface area contributed by atoms with Crippen molar-refractivity contribution in [3.63, 3.8) is 0 Å². The molecule has 0 spiro atoms. The van der Waals surface area contributed by atoms with Gasteiger partial charge in [-0.1, -0.05) is 33.6 Å². The molecule has 0 heterocycles. The molecule has 0 aliphatic heterocycles. The fraction of sp³-hybridized carbons (Fsp3) is 1.00. The number of rotatable bonds is 6. The minimum Gasteiger partial charge on any atom is -0.327 e. The Labute approximate surface area is 108 Å². The Bertz CT molecular complexity index is 213. The van der Waals surface area contributed by atoms with Crippen LogP contribution in [0.25, 0.3) is 0 Å². The third-order valence-corrected chi connectivity index (χ3v) is 4.26. The van der Waals surface area contributed by atoms with Crippen molar-refractivity contribution >= 4 is 0 Å². The van der Waals surface area contributed by atoms with Gasteiger partial charge in [0.2, 0.25) is 0 Å². The number of hydrogen-bond donors (Lipinski definition) is 1. The van der Waals surface area contributed by atoms with Gasteiger partial charge < -0.3 is 10.6 Å². The zero-order chi connectivity index (χ0) is 12.9. The Morgan fingerprint density at radius 2 is 2.00 bits per heavy atom. The first kappa shape index (κ1) is 15.0. The normalized spacial score (nSPS) is 28.6. The first-order valence-corrected chi connectivity index (χ1v) is 7.39. The summed E-state index contributed by atoms with van der Waals surface area (Å²) in [6, 6.07) is 0.427. The predicted molar refractivity (Wildman–Crippen MR) is 76.1 cm³/mol. The van der Waals surface area contributed by atoms with E-state index in [9.17, 15) is 0 Å². The molecule has 0 radical (unpaired) electrons. The lowest BCUT2D eigenvalue weighted by Crippen LogP contribution is -2.44. The van der Waals surface area contributed by atoms with Crippen molar-refractivity contribution in [3.05, 3.63) is 0 Å². The average Bonchev–Trinajstić information content (AvgIpc) is 2.24. The highest BCUT2D eigenvalue weighted by Gasteiger charge is 2.33. The third-order valence-electron chi connectivity index (χ3n) is 4.26. The molecule has 2 atom stereocenters. The molecule has 0 saturated heterocycles. The second-order valence-electron chi connectivity index (χ2n) is 6.80. The lowest BCUT2D eigenvalue weighted by Gasteiger charge is -2.40. The van der Waals surface area contributed by atoms with E-state index in [0.717, 1.165) is 0 Å². The maximum Gasteiger partial charge on any atom is 0.00797 e. The summed E-state index contributed by atoms with van der Waals surface area (Å²) in [5, 5.41) is 0. The molecule has 1 rings (SSSR count). The van der Waals surface area contributed by atoms with Gasteiger partial charge in [-0.15, -0.1) is 0 Å². The maximum atomic E-state index is 6.28. The van der Waals surface area contributed by atoms with E-state index in [2.05, 4.69) is 32.7 Å². The van der Waals surface area contributed by atoms with Gasteiger partial charge in [0.1, 0.15) is 0 Å². The molecular weight excluding hydrogens is 208 g/mol. The van der Waals surface area contributed by atoms with Crippen LogP contribution < -0.4 is 5.73 Å². The van der Waals surface area contributed by atoms with Crippen LogP contribution in [0.5, 0.6) is 0 Å². The van der Waals surface area contributed by atoms with E-state index >= 15 is 0 Å². The van der Waals surface area contributed by atoms with Gasteiger partial charge in [0.05, 0.1) is 0 Å². The second kappa shape index (κ2) is 6.75. The maximum absolute atomic E-state index is 6.28. The summed E-state index contributed by atoms with van der Waals surface area (Å²) in [4.78, 5) is 2.49. The SMILES string of the molecule is CCCCCN(C)CC1CC(C)(C)CCC1N. The van der Waals surface area contributed by atoms with Gasteiger partial charge in [0, 0.05) is 12.6 Å². The van der Waals surface area contributed by atoms with Crippen molar-refractivity contribution in [2.45, 2.75) is 65.3 Å². The largest absolute Gasteiger partial charge is 0.327 e. The van der Waals surface area contributed by atoms with E-state index in [4.69, 9.17) is 5.73 Å². The smallest absolute Gasteiger partial charge is 0.00797 e. The van der Waals surface area contributed by atoms with E-state index in [-0.39, 0.29) is 0 Å². The van der Waals surface area contributed by atoms with Crippen LogP contribution in [0.2, 0.25) is 0 Å². The summed E-state index contributed by atoms with van der Waals surface area (Å²) in [7, 11) is 2.25. The lowest BCUT2D eigenvalue weighted by molar-refractivity contribution is 0.124. The predicted octanol–water partition coefficient (Wildman–Crippen LogP) is 3.26. The van der Waals surface area contributed by atoms with Crippen LogP contribution >= 0.6 is 0 Å². The Balaban J connectivity index is 2.32. The van der Waals surface area contributed by atoms with Gasteiger partial charge >= 0.3 is 0 Å². The molecule has 2 heteroatoms. The Morgan fingerprint density at radius 3 is 2.65 bits per heavy atom. The van der Waals surface area contributed by atoms with E-state index in [1.54, 1.807) is 0 Å². The molecule has 2 N–H and O–H groups in total. The summed E-state index contributed by atoms with van der Waals surface area (Å²) in [5.41, 5.74) is 6.78. The zero-order valence-corrected chi connectivity index (χ0v) is 12.3. The van der Waals surface area contributed by atoms with Crippen molar-refractivity contribution in [1.29, 1.82) is 0 Å². The zero-order valence-electron chi connectivity index (χ0n) is 12.3. The summed E-state index contributed by atoms with van der Waals surface area (Å²) in [6.45, 7) is 9.47. The van der Waals surface area contributed by atoms with Gasteiger partial charge in [-0.3, -0.25) is 0 Å². The minimum absolute atomic E-state index is 0.427. The standard InChI is InChI=1S/C15H32N2/c1-5-6-7-10-17(4)12-13-11-15(2,3)9-8-14(13)16/h13-14H,5-12,16H2,1-4H3. The molecular formula is C15H32N2. The van der Waals surface area contributed by atoms with Gasteiger partial charge in [-0.2, -0.15) is 0 Å². The third kappa shape index (κ3) is 5.39. The van der Waals surface area contributed by atoms with E-state index in [1.165, 1.54) is 51.6 Å². The first-order valence-electron chi connectivity index (χ1n) is 7.39. The van der Waals surface area contributed by atoms with Crippen molar-refractivity contribution in [2.24, 2.45) is 17.1 Å². The average molecular weight is 240 g/mol. The number of hydrogen-bond acceptors (Lipinski definition) is 2. The summed E-state index contributed by atoms with van der Waals surface area (Å²) in [6.07, 6.45) is 7.80. The van der Waals surface area contributed by atoms with Crippen LogP contribution in [0.1, 0.15) is 59.3 Å². The second-order valence-corrected chi connectivity index (χ2v) is 6.80. The van der Waals surface area contributed by atoms with Crippen LogP contribution in [0.3, 0.4) is 0 Å². The highest BCUT2D eigenvalue weighted by atomic mass is 15.1. The Kier molecular flexibility index (Phi) is 5.94. The molecule has 17 heavy (non-hydrogen) atoms. The van der Waals surface area contributed by atoms with Gasteiger partial charge in [0.15, 0.2) is 0 Å². The summed E-state index contributed by atoms with van der Waals surface area (Å²) >= 11 is 0. The van der Waals surface area contributed by atoms with Crippen LogP contribution in [0.15, 0.2) is 0 Å². The molecule has 1 saturated carbocycles. The van der Waals surface area contributed by atoms with Crippen LogP contribution in [-0.2, 0) is 0 Å². The quantitative estimate of drug-likeness (QED) is 0.722. The van der Waals surface area contributed by atoms with Gasteiger partial charge in [-0.05, 0) is 50.6 Å². The molecule has 1 fully saturated rings. The molecule has 0 bridgehead atoms. The number of nitrogens with zero attached hydrogens (tertiary/aromatic N) is 1. The molecule has 0 aromatic rings. The first-order chi connectivity index (χ1) is 7.94. The van der Waals surface area contributed by atoms with E-state index in [0.29, 0.717) is 17.4 Å². The number of unbranched alkanes of at least 4 members (excludes halogenated alkanes) is 2. The molecule has 0 aromatic carbocycles. The fourth-order valence-electron chi connectivity index (χ4n) is 3.08. The Morgan fingerprint density at radius 1 is 1.29 bits per heavy atom. The number of nitrogens with two attached hydrogens (primary N) is 1. The van der Waals surface area contributed by atoms with Crippen molar-refractivity contribution in [3.8, 4) is 0 Å². The topological polar surface area (TPSA) is 29.3 Å². The molecule has 2 nitrogen and oxygen atoms in total. The highest BCUT2D eigenvalue weighted by Crippen LogP contribution is 2.38. The van der Waals surface area contributed by atoms with E-state index in [1.807, 2.05) is 0 Å². The molecule has 102 valence electrons. The fourth-order valence-corrected chi connectivity index (χ4v) is 3.08. The van der Waals surface area contributed by atoms with Crippen molar-refractivity contribution in [2.75, 3.05) is 20.1 Å². The van der Waals surface area contributed by atoms with Crippen molar-refractivity contribution < 1.29 is 0 Å². The molecule has 1 aliphatic rings.